The van der Waals surface area contributed by atoms with Crippen LogP contribution in [0.3, 0.4) is 0 Å². The van der Waals surface area contributed by atoms with Crippen LogP contribution in [0.1, 0.15) is 25.7 Å². The molecule has 2 N–H and O–H groups in total. The average molecular weight is 142 g/mol. The van der Waals surface area contributed by atoms with Crippen LogP contribution in [0, 0.1) is 10.1 Å². The number of nitrogens with two attached hydrogens (primary N) is 1. The van der Waals surface area contributed by atoms with Gasteiger partial charge in [0, 0.05) is 6.42 Å². The number of hydrogen-bond donors (Lipinski definition) is 1. The minimum absolute atomic E-state index is 0.228. The molecule has 0 amide bonds. The van der Waals surface area contributed by atoms with Gasteiger partial charge in [-0.3, -0.25) is 10.1 Å². The molecule has 1 aliphatic rings. The van der Waals surface area contributed by atoms with Crippen LogP contribution in [0.25, 0.3) is 0 Å². The Balaban J connectivity index is 2.78. The lowest BCUT2D eigenvalue weighted by atomic mass is 10.0. The molecule has 0 saturated carbocycles. The van der Waals surface area contributed by atoms with Crippen molar-refractivity contribution in [3.05, 3.63) is 21.5 Å². The lowest BCUT2D eigenvalue weighted by Crippen LogP contribution is -2.13. The molecule has 56 valence electrons. The van der Waals surface area contributed by atoms with Crippen molar-refractivity contribution in [2.45, 2.75) is 25.7 Å². The van der Waals surface area contributed by atoms with E-state index >= 15 is 0 Å². The quantitative estimate of drug-likeness (QED) is 0.438. The summed E-state index contributed by atoms with van der Waals surface area (Å²) in [7, 11) is 0. The second-order valence-corrected chi connectivity index (χ2v) is 2.44. The topological polar surface area (TPSA) is 69.2 Å². The highest BCUT2D eigenvalue weighted by molar-refractivity contribution is 5.06. The van der Waals surface area contributed by atoms with E-state index in [9.17, 15) is 10.1 Å². The molecule has 4 heteroatoms. The lowest BCUT2D eigenvalue weighted by molar-refractivity contribution is -0.430. The number of allylic oxidation sites excluding steroid dienone is 2. The van der Waals surface area contributed by atoms with Crippen LogP contribution in [0.2, 0.25) is 0 Å². The molecule has 0 saturated heterocycles. The molecule has 0 aromatic heterocycles. The molecule has 0 aromatic rings. The molecule has 0 fully saturated rings. The highest BCUT2D eigenvalue weighted by Crippen LogP contribution is 2.20. The molecule has 0 aliphatic heterocycles. The van der Waals surface area contributed by atoms with Gasteiger partial charge >= 0.3 is 0 Å². The smallest absolute Gasteiger partial charge is 0.264 e. The maximum atomic E-state index is 10.2. The van der Waals surface area contributed by atoms with Gasteiger partial charge in [0.1, 0.15) is 0 Å². The van der Waals surface area contributed by atoms with Gasteiger partial charge in [-0.25, -0.2) is 0 Å². The Kier molecular flexibility index (Phi) is 1.89. The number of rotatable bonds is 1. The molecule has 1 rings (SSSR count). The van der Waals surface area contributed by atoms with E-state index < -0.39 is 0 Å². The Morgan fingerprint density at radius 3 is 2.40 bits per heavy atom. The average Bonchev–Trinajstić information content (AvgIpc) is 1.88. The molecule has 10 heavy (non-hydrogen) atoms. The van der Waals surface area contributed by atoms with E-state index in [1.165, 1.54) is 0 Å². The summed E-state index contributed by atoms with van der Waals surface area (Å²) in [6.07, 6.45) is 3.12. The summed E-state index contributed by atoms with van der Waals surface area (Å²) in [6, 6.07) is 0. The maximum Gasteiger partial charge on any atom is 0.264 e. The van der Waals surface area contributed by atoms with Crippen LogP contribution in [0.15, 0.2) is 11.4 Å². The molecule has 0 atom stereocenters. The van der Waals surface area contributed by atoms with Crippen molar-refractivity contribution in [1.29, 1.82) is 0 Å². The standard InChI is InChI=1S/C6H10N2O2/c7-5-3-1-2-4-6(5)8(9)10/h1-4,7H2. The summed E-state index contributed by atoms with van der Waals surface area (Å²) in [5.41, 5.74) is 6.11. The minimum atomic E-state index is -0.367. The Hall–Kier alpha value is -1.06. The first-order chi connectivity index (χ1) is 4.72. The van der Waals surface area contributed by atoms with Crippen LogP contribution in [0.4, 0.5) is 0 Å². The first kappa shape index (κ1) is 7.05. The molecule has 4 nitrogen and oxygen atoms in total. The van der Waals surface area contributed by atoms with Crippen LogP contribution in [0.5, 0.6) is 0 Å². The van der Waals surface area contributed by atoms with Gasteiger partial charge in [0.05, 0.1) is 10.6 Å². The zero-order valence-electron chi connectivity index (χ0n) is 5.67. The van der Waals surface area contributed by atoms with E-state index in [0.29, 0.717) is 18.5 Å². The van der Waals surface area contributed by atoms with E-state index in [0.717, 1.165) is 12.8 Å². The monoisotopic (exact) mass is 142 g/mol. The van der Waals surface area contributed by atoms with Crippen molar-refractivity contribution >= 4 is 0 Å². The van der Waals surface area contributed by atoms with E-state index in [1.54, 1.807) is 0 Å². The summed E-state index contributed by atoms with van der Waals surface area (Å²) in [5.74, 6) is 0. The Labute approximate surface area is 58.9 Å². The van der Waals surface area contributed by atoms with Gasteiger partial charge in [-0.05, 0) is 19.3 Å². The second-order valence-electron chi connectivity index (χ2n) is 2.44. The molecular formula is C6H10N2O2. The molecule has 0 unspecified atom stereocenters. The lowest BCUT2D eigenvalue weighted by Gasteiger charge is -2.08. The van der Waals surface area contributed by atoms with E-state index in [2.05, 4.69) is 0 Å². The molecule has 0 heterocycles. The fourth-order valence-corrected chi connectivity index (χ4v) is 1.12. The van der Waals surface area contributed by atoms with E-state index in [1.807, 2.05) is 0 Å². The number of nitrogens with zero attached hydrogens (tertiary/aromatic N) is 1. The first-order valence-electron chi connectivity index (χ1n) is 3.33. The fourth-order valence-electron chi connectivity index (χ4n) is 1.12. The number of hydrogen-bond acceptors (Lipinski definition) is 3. The van der Waals surface area contributed by atoms with Gasteiger partial charge in [0.25, 0.3) is 5.70 Å². The summed E-state index contributed by atoms with van der Waals surface area (Å²) in [5, 5.41) is 10.2. The van der Waals surface area contributed by atoms with Crippen LogP contribution >= 0.6 is 0 Å². The van der Waals surface area contributed by atoms with Gasteiger partial charge < -0.3 is 5.73 Å². The van der Waals surface area contributed by atoms with Crippen molar-refractivity contribution in [3.8, 4) is 0 Å². The maximum absolute atomic E-state index is 10.2. The second kappa shape index (κ2) is 2.68. The zero-order chi connectivity index (χ0) is 7.56. The highest BCUT2D eigenvalue weighted by Gasteiger charge is 2.19. The van der Waals surface area contributed by atoms with Crippen molar-refractivity contribution in [2.75, 3.05) is 0 Å². The van der Waals surface area contributed by atoms with Crippen LogP contribution < -0.4 is 5.73 Å². The summed E-state index contributed by atoms with van der Waals surface area (Å²) >= 11 is 0. The zero-order valence-corrected chi connectivity index (χ0v) is 5.67. The van der Waals surface area contributed by atoms with Crippen molar-refractivity contribution in [2.24, 2.45) is 5.73 Å². The predicted molar refractivity (Wildman–Crippen MR) is 36.7 cm³/mol. The van der Waals surface area contributed by atoms with Crippen LogP contribution in [-0.2, 0) is 0 Å². The first-order valence-corrected chi connectivity index (χ1v) is 3.33. The van der Waals surface area contributed by atoms with Crippen molar-refractivity contribution < 1.29 is 4.92 Å². The fraction of sp³-hybridized carbons (Fsp3) is 0.667. The van der Waals surface area contributed by atoms with Crippen molar-refractivity contribution in [3.63, 3.8) is 0 Å². The molecule has 0 bridgehead atoms. The number of nitro groups is 1. The summed E-state index contributed by atoms with van der Waals surface area (Å²) < 4.78 is 0. The van der Waals surface area contributed by atoms with Crippen molar-refractivity contribution in [1.82, 2.24) is 0 Å². The third-order valence-electron chi connectivity index (χ3n) is 1.70. The van der Waals surface area contributed by atoms with E-state index in [4.69, 9.17) is 5.73 Å². The Bertz CT molecular complexity index is 186. The minimum Gasteiger partial charge on any atom is -0.397 e. The molecule has 0 radical (unpaired) electrons. The Morgan fingerprint density at radius 1 is 1.40 bits per heavy atom. The van der Waals surface area contributed by atoms with Gasteiger partial charge in [-0.2, -0.15) is 0 Å². The molecule has 1 aliphatic carbocycles. The molecular weight excluding hydrogens is 132 g/mol. The SMILES string of the molecule is NC1=C([N+](=O)[O-])CCCC1. The predicted octanol–water partition coefficient (Wildman–Crippen LogP) is 1.01. The normalized spacial score (nSPS) is 19.2. The van der Waals surface area contributed by atoms with Gasteiger partial charge in [0.2, 0.25) is 0 Å². The van der Waals surface area contributed by atoms with E-state index in [-0.39, 0.29) is 10.6 Å². The Morgan fingerprint density at radius 2 is 2.00 bits per heavy atom. The highest BCUT2D eigenvalue weighted by atomic mass is 16.6. The van der Waals surface area contributed by atoms with Gasteiger partial charge in [-0.1, -0.05) is 0 Å². The summed E-state index contributed by atoms with van der Waals surface area (Å²) in [4.78, 5) is 9.87. The third-order valence-corrected chi connectivity index (χ3v) is 1.70. The summed E-state index contributed by atoms with van der Waals surface area (Å²) in [6.45, 7) is 0. The van der Waals surface area contributed by atoms with Crippen LogP contribution in [-0.4, -0.2) is 4.92 Å². The van der Waals surface area contributed by atoms with Gasteiger partial charge in [0.15, 0.2) is 0 Å². The third kappa shape index (κ3) is 1.26. The molecule has 0 aromatic carbocycles. The largest absolute Gasteiger partial charge is 0.397 e. The molecule has 0 spiro atoms. The van der Waals surface area contributed by atoms with Gasteiger partial charge in [-0.15, -0.1) is 0 Å².